The maximum absolute atomic E-state index is 13.7. The van der Waals surface area contributed by atoms with Gasteiger partial charge in [-0.2, -0.15) is 4.31 Å². The summed E-state index contributed by atoms with van der Waals surface area (Å²) in [5.74, 6) is -0.764. The van der Waals surface area contributed by atoms with E-state index in [-0.39, 0.29) is 22.3 Å². The molecule has 0 aliphatic carbocycles. The molecule has 4 nitrogen and oxygen atoms in total. The van der Waals surface area contributed by atoms with Gasteiger partial charge in [-0.1, -0.05) is 11.6 Å². The molecule has 0 bridgehead atoms. The number of nitrogens with one attached hydrogen (secondary N) is 1. The largest absolute Gasteiger partial charge is 0.317 e. The Balaban J connectivity index is 0.00000200. The summed E-state index contributed by atoms with van der Waals surface area (Å²) in [5.41, 5.74) is 0. The average molecular weight is 343 g/mol. The zero-order valence-electron chi connectivity index (χ0n) is 11.0. The molecule has 1 fully saturated rings. The van der Waals surface area contributed by atoms with Gasteiger partial charge in [0.25, 0.3) is 0 Å². The number of hydrogen-bond donors (Lipinski definition) is 1. The van der Waals surface area contributed by atoms with Crippen molar-refractivity contribution in [3.8, 4) is 0 Å². The highest BCUT2D eigenvalue weighted by Crippen LogP contribution is 2.25. The lowest BCUT2D eigenvalue weighted by Gasteiger charge is -2.31. The molecule has 0 unspecified atom stereocenters. The van der Waals surface area contributed by atoms with Crippen molar-refractivity contribution in [1.29, 1.82) is 0 Å². The third-order valence-electron chi connectivity index (χ3n) is 3.37. The molecule has 0 aromatic heterocycles. The third-order valence-corrected chi connectivity index (χ3v) is 5.52. The summed E-state index contributed by atoms with van der Waals surface area (Å²) in [6, 6.07) is 3.89. The SMILES string of the molecule is CNC1CCN(S(=O)(=O)c2cc(Cl)ccc2F)CC1.Cl. The lowest BCUT2D eigenvalue weighted by Crippen LogP contribution is -2.44. The molecule has 1 heterocycles. The molecule has 1 aromatic rings. The van der Waals surface area contributed by atoms with Crippen LogP contribution in [0.25, 0.3) is 0 Å². The van der Waals surface area contributed by atoms with Gasteiger partial charge in [0, 0.05) is 24.2 Å². The van der Waals surface area contributed by atoms with Crippen LogP contribution in [0.15, 0.2) is 23.1 Å². The molecule has 0 atom stereocenters. The van der Waals surface area contributed by atoms with Crippen LogP contribution >= 0.6 is 24.0 Å². The molecule has 20 heavy (non-hydrogen) atoms. The van der Waals surface area contributed by atoms with E-state index in [2.05, 4.69) is 5.32 Å². The molecular weight excluding hydrogens is 326 g/mol. The van der Waals surface area contributed by atoms with Crippen molar-refractivity contribution in [2.45, 2.75) is 23.8 Å². The molecule has 0 saturated carbocycles. The Labute approximate surface area is 129 Å². The van der Waals surface area contributed by atoms with Crippen LogP contribution in [-0.2, 0) is 10.0 Å². The molecule has 1 N–H and O–H groups in total. The summed E-state index contributed by atoms with van der Waals surface area (Å²) in [6.07, 6.45) is 1.44. The molecule has 0 radical (unpaired) electrons. The first kappa shape index (κ1) is 17.7. The van der Waals surface area contributed by atoms with E-state index < -0.39 is 15.8 Å². The van der Waals surface area contributed by atoms with Crippen LogP contribution in [0.2, 0.25) is 5.02 Å². The number of hydrogen-bond acceptors (Lipinski definition) is 3. The van der Waals surface area contributed by atoms with Crippen LogP contribution in [0.4, 0.5) is 4.39 Å². The van der Waals surface area contributed by atoms with Crippen molar-refractivity contribution in [2.24, 2.45) is 0 Å². The smallest absolute Gasteiger partial charge is 0.246 e. The first-order valence-corrected chi connectivity index (χ1v) is 7.89. The quantitative estimate of drug-likeness (QED) is 0.916. The highest BCUT2D eigenvalue weighted by molar-refractivity contribution is 7.89. The van der Waals surface area contributed by atoms with E-state index in [1.807, 2.05) is 7.05 Å². The summed E-state index contributed by atoms with van der Waals surface area (Å²) in [6.45, 7) is 0.777. The number of rotatable bonds is 3. The van der Waals surface area contributed by atoms with Crippen molar-refractivity contribution in [3.63, 3.8) is 0 Å². The van der Waals surface area contributed by atoms with E-state index >= 15 is 0 Å². The number of halogens is 3. The maximum atomic E-state index is 13.7. The molecule has 8 heteroatoms. The van der Waals surface area contributed by atoms with Crippen LogP contribution < -0.4 is 5.32 Å². The van der Waals surface area contributed by atoms with Crippen LogP contribution in [0.3, 0.4) is 0 Å². The fraction of sp³-hybridized carbons (Fsp3) is 0.500. The molecular formula is C12H17Cl2FN2O2S. The normalized spacial score (nSPS) is 17.8. The molecule has 114 valence electrons. The second kappa shape index (κ2) is 7.04. The predicted molar refractivity (Wildman–Crippen MR) is 79.5 cm³/mol. The maximum Gasteiger partial charge on any atom is 0.246 e. The average Bonchev–Trinajstić information content (AvgIpc) is 2.41. The van der Waals surface area contributed by atoms with Gasteiger partial charge >= 0.3 is 0 Å². The highest BCUT2D eigenvalue weighted by Gasteiger charge is 2.31. The molecule has 1 aliphatic heterocycles. The Morgan fingerprint density at radius 1 is 1.35 bits per heavy atom. The second-order valence-corrected chi connectivity index (χ2v) is 6.88. The molecule has 1 saturated heterocycles. The van der Waals surface area contributed by atoms with E-state index in [1.165, 1.54) is 10.4 Å². The first-order chi connectivity index (χ1) is 8.95. The van der Waals surface area contributed by atoms with Gasteiger partial charge in [0.1, 0.15) is 10.7 Å². The number of piperidine rings is 1. The zero-order valence-corrected chi connectivity index (χ0v) is 13.4. The van der Waals surface area contributed by atoms with Crippen molar-refractivity contribution >= 4 is 34.0 Å². The minimum Gasteiger partial charge on any atom is -0.317 e. The van der Waals surface area contributed by atoms with E-state index in [0.29, 0.717) is 19.1 Å². The van der Waals surface area contributed by atoms with Gasteiger partial charge in [0.2, 0.25) is 10.0 Å². The van der Waals surface area contributed by atoms with Gasteiger partial charge in [-0.05, 0) is 38.1 Å². The van der Waals surface area contributed by atoms with E-state index in [9.17, 15) is 12.8 Å². The van der Waals surface area contributed by atoms with Crippen LogP contribution in [0.1, 0.15) is 12.8 Å². The Morgan fingerprint density at radius 3 is 2.50 bits per heavy atom. The van der Waals surface area contributed by atoms with Gasteiger partial charge in [0.05, 0.1) is 0 Å². The Morgan fingerprint density at radius 2 is 1.95 bits per heavy atom. The standard InChI is InChI=1S/C12H16ClFN2O2S.ClH/c1-15-10-4-6-16(7-5-10)19(17,18)12-8-9(13)2-3-11(12)14;/h2-3,8,10,15H,4-7H2,1H3;1H. The lowest BCUT2D eigenvalue weighted by molar-refractivity contribution is 0.297. The predicted octanol–water partition coefficient (Wildman–Crippen LogP) is 2.27. The minimum atomic E-state index is -3.80. The fourth-order valence-corrected chi connectivity index (χ4v) is 4.00. The van der Waals surface area contributed by atoms with Gasteiger partial charge in [0.15, 0.2) is 0 Å². The Bertz CT molecular complexity index is 561. The van der Waals surface area contributed by atoms with Gasteiger partial charge in [-0.15, -0.1) is 12.4 Å². The van der Waals surface area contributed by atoms with Crippen LogP contribution in [0, 0.1) is 5.82 Å². The fourth-order valence-electron chi connectivity index (χ4n) is 2.20. The minimum absolute atomic E-state index is 0. The first-order valence-electron chi connectivity index (χ1n) is 6.07. The zero-order chi connectivity index (χ0) is 14.0. The van der Waals surface area contributed by atoms with Gasteiger partial charge in [-0.3, -0.25) is 0 Å². The number of benzene rings is 1. The second-order valence-electron chi connectivity index (χ2n) is 4.54. The summed E-state index contributed by atoms with van der Waals surface area (Å²) in [5, 5.41) is 3.33. The molecule has 0 amide bonds. The van der Waals surface area contributed by atoms with Crippen molar-refractivity contribution in [3.05, 3.63) is 29.0 Å². The number of sulfonamides is 1. The van der Waals surface area contributed by atoms with Gasteiger partial charge < -0.3 is 5.32 Å². The summed E-state index contributed by atoms with van der Waals surface area (Å²) in [4.78, 5) is -0.345. The van der Waals surface area contributed by atoms with E-state index in [4.69, 9.17) is 11.6 Å². The summed E-state index contributed by atoms with van der Waals surface area (Å²) >= 11 is 5.75. The van der Waals surface area contributed by atoms with Crippen LogP contribution in [0.5, 0.6) is 0 Å². The molecule has 2 rings (SSSR count). The molecule has 1 aliphatic rings. The molecule has 0 spiro atoms. The van der Waals surface area contributed by atoms with Crippen LogP contribution in [-0.4, -0.2) is 38.9 Å². The lowest BCUT2D eigenvalue weighted by atomic mass is 10.1. The van der Waals surface area contributed by atoms with Gasteiger partial charge in [-0.25, -0.2) is 12.8 Å². The summed E-state index contributed by atoms with van der Waals surface area (Å²) in [7, 11) is -1.95. The van der Waals surface area contributed by atoms with Crippen molar-refractivity contribution in [1.82, 2.24) is 9.62 Å². The Kier molecular flexibility index (Phi) is 6.22. The Hall–Kier alpha value is -0.400. The highest BCUT2D eigenvalue weighted by atomic mass is 35.5. The van der Waals surface area contributed by atoms with Crippen molar-refractivity contribution < 1.29 is 12.8 Å². The summed E-state index contributed by atoms with van der Waals surface area (Å²) < 4.78 is 39.7. The monoisotopic (exact) mass is 342 g/mol. The third kappa shape index (κ3) is 3.62. The number of nitrogens with zero attached hydrogens (tertiary/aromatic N) is 1. The van der Waals surface area contributed by atoms with E-state index in [1.54, 1.807) is 0 Å². The van der Waals surface area contributed by atoms with E-state index in [0.717, 1.165) is 25.0 Å². The topological polar surface area (TPSA) is 49.4 Å². The van der Waals surface area contributed by atoms with Crippen molar-refractivity contribution in [2.75, 3.05) is 20.1 Å². The molecule has 1 aromatic carbocycles.